The molecule has 2 heterocycles. The molecule has 1 aliphatic rings. The molecule has 1 aromatic heterocycles. The number of aromatic nitrogens is 2. The number of hydrogen-bond acceptors (Lipinski definition) is 5. The molecule has 0 spiro atoms. The van der Waals surface area contributed by atoms with Gasteiger partial charge in [-0.05, 0) is 43.5 Å². The Balaban J connectivity index is 1.49. The van der Waals surface area contributed by atoms with E-state index in [1.54, 1.807) is 29.2 Å². The van der Waals surface area contributed by atoms with Crippen molar-refractivity contribution in [2.75, 3.05) is 20.1 Å². The number of benzene rings is 2. The number of piperidine rings is 1. The van der Waals surface area contributed by atoms with Crippen LogP contribution in [0.4, 0.5) is 4.39 Å². The number of rotatable bonds is 5. The standard InChI is InChI=1S/C23H22ClFN4O3/c1-28(23(31)17-9-2-3-10-18(17)25)14-20(30)29-12-5-4-11-19(29)22-26-21(27-32-22)15-7-6-8-16(24)13-15/h2-3,6-10,13,19H,4-5,11-12,14H2,1H3. The fourth-order valence-corrected chi connectivity index (χ4v) is 4.00. The second-order valence-electron chi connectivity index (χ2n) is 7.71. The first-order valence-electron chi connectivity index (χ1n) is 10.3. The molecule has 2 amide bonds. The molecule has 1 aliphatic heterocycles. The first-order valence-corrected chi connectivity index (χ1v) is 10.7. The highest BCUT2D eigenvalue weighted by atomic mass is 35.5. The highest BCUT2D eigenvalue weighted by Crippen LogP contribution is 2.31. The van der Waals surface area contributed by atoms with Gasteiger partial charge in [-0.25, -0.2) is 4.39 Å². The third kappa shape index (κ3) is 4.65. The summed E-state index contributed by atoms with van der Waals surface area (Å²) < 4.78 is 19.5. The zero-order valence-electron chi connectivity index (χ0n) is 17.5. The number of nitrogens with zero attached hydrogens (tertiary/aromatic N) is 4. The summed E-state index contributed by atoms with van der Waals surface area (Å²) in [5.74, 6) is -0.689. The van der Waals surface area contributed by atoms with Crippen molar-refractivity contribution in [2.45, 2.75) is 25.3 Å². The van der Waals surface area contributed by atoms with Crippen molar-refractivity contribution in [1.29, 1.82) is 0 Å². The van der Waals surface area contributed by atoms with E-state index in [0.717, 1.165) is 18.4 Å². The molecule has 1 atom stereocenters. The van der Waals surface area contributed by atoms with Crippen molar-refractivity contribution >= 4 is 23.4 Å². The van der Waals surface area contributed by atoms with Gasteiger partial charge in [0.25, 0.3) is 5.91 Å². The molecule has 0 saturated carbocycles. The molecule has 1 unspecified atom stereocenters. The van der Waals surface area contributed by atoms with Crippen LogP contribution in [0.3, 0.4) is 0 Å². The molecule has 1 saturated heterocycles. The Hall–Kier alpha value is -3.26. The molecular weight excluding hydrogens is 435 g/mol. The predicted molar refractivity (Wildman–Crippen MR) is 116 cm³/mol. The van der Waals surface area contributed by atoms with E-state index in [2.05, 4.69) is 10.1 Å². The van der Waals surface area contributed by atoms with Gasteiger partial charge in [0, 0.05) is 24.2 Å². The highest BCUT2D eigenvalue weighted by Gasteiger charge is 2.33. The molecule has 166 valence electrons. The molecule has 0 N–H and O–H groups in total. The normalized spacial score (nSPS) is 16.1. The third-order valence-electron chi connectivity index (χ3n) is 5.46. The summed E-state index contributed by atoms with van der Waals surface area (Å²) in [4.78, 5) is 33.0. The average molecular weight is 457 g/mol. The molecule has 2 aromatic carbocycles. The van der Waals surface area contributed by atoms with E-state index in [-0.39, 0.29) is 24.1 Å². The number of likely N-dealkylation sites (tertiary alicyclic amines) is 1. The highest BCUT2D eigenvalue weighted by molar-refractivity contribution is 6.30. The Morgan fingerprint density at radius 3 is 2.81 bits per heavy atom. The molecular formula is C23H22ClFN4O3. The van der Waals surface area contributed by atoms with Gasteiger partial charge >= 0.3 is 0 Å². The first-order chi connectivity index (χ1) is 15.4. The van der Waals surface area contributed by atoms with Gasteiger partial charge in [0.15, 0.2) is 0 Å². The Morgan fingerprint density at radius 1 is 1.22 bits per heavy atom. The molecule has 9 heteroatoms. The minimum absolute atomic E-state index is 0.0685. The molecule has 32 heavy (non-hydrogen) atoms. The second-order valence-corrected chi connectivity index (χ2v) is 8.14. The average Bonchev–Trinajstić information content (AvgIpc) is 3.29. The van der Waals surface area contributed by atoms with Crippen LogP contribution in [0.5, 0.6) is 0 Å². The lowest BCUT2D eigenvalue weighted by Gasteiger charge is -2.34. The van der Waals surface area contributed by atoms with E-state index in [1.165, 1.54) is 30.1 Å². The molecule has 3 aromatic rings. The lowest BCUT2D eigenvalue weighted by molar-refractivity contribution is -0.136. The Kier molecular flexibility index (Phi) is 6.50. The maximum Gasteiger partial charge on any atom is 0.257 e. The van der Waals surface area contributed by atoms with Gasteiger partial charge in [-0.1, -0.05) is 41.0 Å². The van der Waals surface area contributed by atoms with Gasteiger partial charge in [-0.3, -0.25) is 9.59 Å². The van der Waals surface area contributed by atoms with E-state index >= 15 is 0 Å². The predicted octanol–water partition coefficient (Wildman–Crippen LogP) is 4.35. The monoisotopic (exact) mass is 456 g/mol. The summed E-state index contributed by atoms with van der Waals surface area (Å²) in [7, 11) is 1.48. The molecule has 4 rings (SSSR count). The number of hydrogen-bond donors (Lipinski definition) is 0. The first kappa shape index (κ1) is 22.0. The quantitative estimate of drug-likeness (QED) is 0.570. The van der Waals surface area contributed by atoms with E-state index in [1.807, 2.05) is 6.07 Å². The maximum atomic E-state index is 14.0. The van der Waals surface area contributed by atoms with E-state index in [0.29, 0.717) is 29.7 Å². The van der Waals surface area contributed by atoms with Crippen LogP contribution < -0.4 is 0 Å². The molecule has 0 radical (unpaired) electrons. The number of carbonyl (C=O) groups excluding carboxylic acids is 2. The lowest BCUT2D eigenvalue weighted by atomic mass is 10.0. The number of halogens is 2. The topological polar surface area (TPSA) is 79.5 Å². The summed E-state index contributed by atoms with van der Waals surface area (Å²) in [5.41, 5.74) is 0.650. The molecule has 7 nitrogen and oxygen atoms in total. The fourth-order valence-electron chi connectivity index (χ4n) is 3.81. The molecule has 0 aliphatic carbocycles. The Morgan fingerprint density at radius 2 is 2.03 bits per heavy atom. The van der Waals surface area contributed by atoms with E-state index in [9.17, 15) is 14.0 Å². The van der Waals surface area contributed by atoms with Crippen molar-refractivity contribution < 1.29 is 18.5 Å². The largest absolute Gasteiger partial charge is 0.337 e. The Labute approximate surface area is 189 Å². The molecule has 0 bridgehead atoms. The van der Waals surface area contributed by atoms with Crippen LogP contribution in [0, 0.1) is 5.82 Å². The van der Waals surface area contributed by atoms with E-state index in [4.69, 9.17) is 16.1 Å². The second kappa shape index (κ2) is 9.48. The number of carbonyl (C=O) groups is 2. The summed E-state index contributed by atoms with van der Waals surface area (Å²) in [6.45, 7) is 0.332. The van der Waals surface area contributed by atoms with Gasteiger partial charge in [0.2, 0.25) is 17.6 Å². The van der Waals surface area contributed by atoms with Gasteiger partial charge < -0.3 is 14.3 Å². The summed E-state index contributed by atoms with van der Waals surface area (Å²) in [5, 5.41) is 4.61. The minimum atomic E-state index is -0.618. The van der Waals surface area contributed by atoms with Gasteiger partial charge in [-0.2, -0.15) is 4.98 Å². The third-order valence-corrected chi connectivity index (χ3v) is 5.69. The molecule has 1 fully saturated rings. The maximum absolute atomic E-state index is 14.0. The van der Waals surface area contributed by atoms with Crippen molar-refractivity contribution in [3.05, 3.63) is 70.8 Å². The number of amides is 2. The zero-order valence-corrected chi connectivity index (χ0v) is 18.3. The van der Waals surface area contributed by atoms with Crippen molar-refractivity contribution in [3.63, 3.8) is 0 Å². The van der Waals surface area contributed by atoms with Crippen LogP contribution in [-0.4, -0.2) is 51.9 Å². The summed E-state index contributed by atoms with van der Waals surface area (Å²) >= 11 is 6.05. The Bertz CT molecular complexity index is 1140. The SMILES string of the molecule is CN(CC(=O)N1CCCCC1c1nc(-c2cccc(Cl)c2)no1)C(=O)c1ccccc1F. The lowest BCUT2D eigenvalue weighted by Crippen LogP contribution is -2.45. The van der Waals surface area contributed by atoms with E-state index < -0.39 is 11.7 Å². The van der Waals surface area contributed by atoms with Crippen molar-refractivity contribution in [2.24, 2.45) is 0 Å². The van der Waals surface area contributed by atoms with Crippen LogP contribution >= 0.6 is 11.6 Å². The van der Waals surface area contributed by atoms with Crippen LogP contribution in [0.2, 0.25) is 5.02 Å². The van der Waals surface area contributed by atoms with Gasteiger partial charge in [-0.15, -0.1) is 0 Å². The summed E-state index contributed by atoms with van der Waals surface area (Å²) in [6.07, 6.45) is 2.42. The minimum Gasteiger partial charge on any atom is -0.337 e. The van der Waals surface area contributed by atoms with Crippen molar-refractivity contribution in [1.82, 2.24) is 19.9 Å². The van der Waals surface area contributed by atoms with Crippen LogP contribution in [0.1, 0.15) is 41.6 Å². The van der Waals surface area contributed by atoms with Crippen LogP contribution in [0.25, 0.3) is 11.4 Å². The van der Waals surface area contributed by atoms with Crippen molar-refractivity contribution in [3.8, 4) is 11.4 Å². The number of likely N-dealkylation sites (N-methyl/N-ethyl adjacent to an activating group) is 1. The van der Waals surface area contributed by atoms with Gasteiger partial charge in [0.05, 0.1) is 12.1 Å². The summed E-state index contributed by atoms with van der Waals surface area (Å²) in [6, 6.07) is 12.5. The van der Waals surface area contributed by atoms with Crippen LogP contribution in [-0.2, 0) is 4.79 Å². The fraction of sp³-hybridized carbons (Fsp3) is 0.304. The van der Waals surface area contributed by atoms with Gasteiger partial charge in [0.1, 0.15) is 11.9 Å². The zero-order chi connectivity index (χ0) is 22.7. The smallest absolute Gasteiger partial charge is 0.257 e. The van der Waals surface area contributed by atoms with Crippen LogP contribution in [0.15, 0.2) is 53.1 Å².